The molecule has 0 radical (unpaired) electrons. The van der Waals surface area contributed by atoms with Gasteiger partial charge in [0.05, 0.1) is 12.7 Å². The van der Waals surface area contributed by atoms with Crippen molar-refractivity contribution in [3.8, 4) is 11.8 Å². The van der Waals surface area contributed by atoms with Crippen LogP contribution in [0.5, 0.6) is 5.75 Å². The minimum Gasteiger partial charge on any atom is -0.495 e. The van der Waals surface area contributed by atoms with E-state index in [1.165, 1.54) is 4.90 Å². The summed E-state index contributed by atoms with van der Waals surface area (Å²) in [6.07, 6.45) is 0. The van der Waals surface area contributed by atoms with Crippen molar-refractivity contribution in [3.63, 3.8) is 0 Å². The van der Waals surface area contributed by atoms with Crippen LogP contribution in [-0.4, -0.2) is 7.11 Å². The van der Waals surface area contributed by atoms with Gasteiger partial charge in [-0.25, -0.2) is 0 Å². The van der Waals surface area contributed by atoms with Gasteiger partial charge < -0.3 is 4.74 Å². The number of rotatable bonds is 4. The topological polar surface area (TPSA) is 33.0 Å². The van der Waals surface area contributed by atoms with Crippen LogP contribution in [0.1, 0.15) is 11.1 Å². The molecule has 3 heteroatoms. The number of nitriles is 1. The highest BCUT2D eigenvalue weighted by Crippen LogP contribution is 2.26. The highest BCUT2D eigenvalue weighted by atomic mass is 32.2. The van der Waals surface area contributed by atoms with Gasteiger partial charge >= 0.3 is 0 Å². The van der Waals surface area contributed by atoms with Crippen molar-refractivity contribution >= 4 is 11.8 Å². The van der Waals surface area contributed by atoms with Crippen LogP contribution >= 0.6 is 11.8 Å². The Balaban J connectivity index is 2.09. The summed E-state index contributed by atoms with van der Waals surface area (Å²) >= 11 is 1.77. The average molecular weight is 255 g/mol. The third-order valence-electron chi connectivity index (χ3n) is 2.54. The average Bonchev–Trinajstić information content (AvgIpc) is 2.45. The van der Waals surface area contributed by atoms with E-state index in [4.69, 9.17) is 10.00 Å². The number of thioether (sulfide) groups is 1. The monoisotopic (exact) mass is 255 g/mol. The molecule has 0 aliphatic heterocycles. The first-order chi connectivity index (χ1) is 8.83. The molecule has 2 rings (SSSR count). The quantitative estimate of drug-likeness (QED) is 0.778. The first-order valence-electron chi connectivity index (χ1n) is 5.58. The molecule has 0 saturated carbocycles. The van der Waals surface area contributed by atoms with Gasteiger partial charge in [-0.3, -0.25) is 0 Å². The maximum Gasteiger partial charge on any atom is 0.136 e. The van der Waals surface area contributed by atoms with Crippen molar-refractivity contribution in [2.45, 2.75) is 10.6 Å². The van der Waals surface area contributed by atoms with Crippen molar-refractivity contribution < 1.29 is 4.74 Å². The van der Waals surface area contributed by atoms with E-state index in [1.54, 1.807) is 24.9 Å². The molecular weight excluding hydrogens is 242 g/mol. The van der Waals surface area contributed by atoms with Crippen molar-refractivity contribution in [2.75, 3.05) is 7.11 Å². The van der Waals surface area contributed by atoms with Crippen LogP contribution in [0.3, 0.4) is 0 Å². The van der Waals surface area contributed by atoms with E-state index in [1.807, 2.05) is 30.3 Å². The summed E-state index contributed by atoms with van der Waals surface area (Å²) in [5.74, 6) is 1.51. The fourth-order valence-electron chi connectivity index (χ4n) is 1.60. The number of ether oxygens (including phenoxy) is 1. The zero-order valence-electron chi connectivity index (χ0n) is 10.1. The van der Waals surface area contributed by atoms with E-state index < -0.39 is 0 Å². The molecule has 0 aromatic heterocycles. The van der Waals surface area contributed by atoms with Gasteiger partial charge in [-0.15, -0.1) is 11.8 Å². The SMILES string of the molecule is COc1cc(CSc2ccccc2)ccc1C#N. The highest BCUT2D eigenvalue weighted by molar-refractivity contribution is 7.98. The van der Waals surface area contributed by atoms with Gasteiger partial charge in [0, 0.05) is 10.6 Å². The Morgan fingerprint density at radius 1 is 1.17 bits per heavy atom. The zero-order valence-corrected chi connectivity index (χ0v) is 10.9. The second-order valence-corrected chi connectivity index (χ2v) is 4.80. The van der Waals surface area contributed by atoms with Gasteiger partial charge in [-0.05, 0) is 29.8 Å². The molecule has 2 nitrogen and oxygen atoms in total. The smallest absolute Gasteiger partial charge is 0.136 e. The molecule has 0 fully saturated rings. The largest absolute Gasteiger partial charge is 0.495 e. The molecular formula is C15H13NOS. The number of methoxy groups -OCH3 is 1. The lowest BCUT2D eigenvalue weighted by Crippen LogP contribution is -1.90. The maximum absolute atomic E-state index is 8.91. The molecule has 0 aliphatic carbocycles. The van der Waals surface area contributed by atoms with Crippen molar-refractivity contribution in [1.29, 1.82) is 5.26 Å². The molecule has 0 spiro atoms. The summed E-state index contributed by atoms with van der Waals surface area (Å²) < 4.78 is 5.20. The van der Waals surface area contributed by atoms with Crippen molar-refractivity contribution in [2.24, 2.45) is 0 Å². The number of nitrogens with zero attached hydrogens (tertiary/aromatic N) is 1. The van der Waals surface area contributed by atoms with Crippen molar-refractivity contribution in [3.05, 3.63) is 59.7 Å². The molecule has 0 bridgehead atoms. The first kappa shape index (κ1) is 12.5. The molecule has 0 saturated heterocycles. The molecule has 0 heterocycles. The third-order valence-corrected chi connectivity index (χ3v) is 3.62. The molecule has 0 amide bonds. The van der Waals surface area contributed by atoms with Gasteiger partial charge in [0.2, 0.25) is 0 Å². The van der Waals surface area contributed by atoms with E-state index in [0.717, 1.165) is 11.3 Å². The summed E-state index contributed by atoms with van der Waals surface area (Å²) in [4.78, 5) is 1.24. The number of benzene rings is 2. The summed E-state index contributed by atoms with van der Waals surface area (Å²) in [6, 6.07) is 18.1. The molecule has 90 valence electrons. The van der Waals surface area contributed by atoms with Crippen LogP contribution in [0.4, 0.5) is 0 Å². The van der Waals surface area contributed by atoms with E-state index in [0.29, 0.717) is 11.3 Å². The highest BCUT2D eigenvalue weighted by Gasteiger charge is 2.04. The van der Waals surface area contributed by atoms with Gasteiger partial charge in [0.25, 0.3) is 0 Å². The first-order valence-corrected chi connectivity index (χ1v) is 6.57. The predicted molar refractivity (Wildman–Crippen MR) is 73.7 cm³/mol. The van der Waals surface area contributed by atoms with E-state index >= 15 is 0 Å². The summed E-state index contributed by atoms with van der Waals surface area (Å²) in [5.41, 5.74) is 1.73. The van der Waals surface area contributed by atoms with Gasteiger partial charge in [-0.1, -0.05) is 24.3 Å². The Morgan fingerprint density at radius 3 is 2.61 bits per heavy atom. The third kappa shape index (κ3) is 3.06. The van der Waals surface area contributed by atoms with Crippen LogP contribution in [0, 0.1) is 11.3 Å². The van der Waals surface area contributed by atoms with E-state index in [2.05, 4.69) is 18.2 Å². The summed E-state index contributed by atoms with van der Waals surface area (Å²) in [5, 5.41) is 8.91. The standard InChI is InChI=1S/C15H13NOS/c1-17-15-9-12(7-8-13(15)10-16)11-18-14-5-3-2-4-6-14/h2-9H,11H2,1H3. The molecule has 0 atom stereocenters. The minimum absolute atomic E-state index is 0.575. The Labute approximate surface area is 111 Å². The van der Waals surface area contributed by atoms with Crippen LogP contribution in [0.15, 0.2) is 53.4 Å². The maximum atomic E-state index is 8.91. The second-order valence-electron chi connectivity index (χ2n) is 3.75. The van der Waals surface area contributed by atoms with Crippen LogP contribution in [0.2, 0.25) is 0 Å². The molecule has 18 heavy (non-hydrogen) atoms. The minimum atomic E-state index is 0.575. The Bertz CT molecular complexity index is 560. The Hall–Kier alpha value is -1.92. The van der Waals surface area contributed by atoms with Gasteiger partial charge in [0.15, 0.2) is 0 Å². The second kappa shape index (κ2) is 6.13. The predicted octanol–water partition coefficient (Wildman–Crippen LogP) is 3.86. The van der Waals surface area contributed by atoms with Crippen LogP contribution in [-0.2, 0) is 5.75 Å². The van der Waals surface area contributed by atoms with E-state index in [-0.39, 0.29) is 0 Å². The molecule has 2 aromatic carbocycles. The zero-order chi connectivity index (χ0) is 12.8. The van der Waals surface area contributed by atoms with Crippen molar-refractivity contribution in [1.82, 2.24) is 0 Å². The van der Waals surface area contributed by atoms with Crippen LogP contribution in [0.25, 0.3) is 0 Å². The molecule has 0 N–H and O–H groups in total. The lowest BCUT2D eigenvalue weighted by molar-refractivity contribution is 0.413. The fourth-order valence-corrected chi connectivity index (χ4v) is 2.46. The lowest BCUT2D eigenvalue weighted by atomic mass is 10.1. The lowest BCUT2D eigenvalue weighted by Gasteiger charge is -2.06. The number of hydrogen-bond acceptors (Lipinski definition) is 3. The Kier molecular flexibility index (Phi) is 4.27. The van der Waals surface area contributed by atoms with Gasteiger partial charge in [0.1, 0.15) is 11.8 Å². The molecule has 2 aromatic rings. The van der Waals surface area contributed by atoms with Gasteiger partial charge in [-0.2, -0.15) is 5.26 Å². The summed E-state index contributed by atoms with van der Waals surface area (Å²) in [6.45, 7) is 0. The summed E-state index contributed by atoms with van der Waals surface area (Å²) in [7, 11) is 1.59. The van der Waals surface area contributed by atoms with Crippen LogP contribution < -0.4 is 4.74 Å². The Morgan fingerprint density at radius 2 is 1.94 bits per heavy atom. The molecule has 0 unspecified atom stereocenters. The van der Waals surface area contributed by atoms with E-state index in [9.17, 15) is 0 Å². The normalized spacial score (nSPS) is 9.78. The number of hydrogen-bond donors (Lipinski definition) is 0. The fraction of sp³-hybridized carbons (Fsp3) is 0.133. The molecule has 0 aliphatic rings.